The van der Waals surface area contributed by atoms with Crippen molar-refractivity contribution < 1.29 is 24.4 Å². The average Bonchev–Trinajstić information content (AvgIpc) is 2.81. The number of hydrogen-bond donors (Lipinski definition) is 2. The standard InChI is InChI=1S/C22H46O.C6H14O4/c1-5-9-11-13-15-19-21(17-7-3)23-22(18-8-4)20-16-14-12-10-6-2;7-1-3-9-5-6-10-4-2-8/h21-22H,5-20H2,1-4H3;7-8H,1-6H2. The van der Waals surface area contributed by atoms with E-state index >= 15 is 0 Å². The molecule has 0 saturated heterocycles. The Hall–Kier alpha value is -0.200. The lowest BCUT2D eigenvalue weighted by Crippen LogP contribution is -2.22. The summed E-state index contributed by atoms with van der Waals surface area (Å²) in [4.78, 5) is 0. The zero-order valence-corrected chi connectivity index (χ0v) is 22.8. The van der Waals surface area contributed by atoms with Crippen LogP contribution in [0.3, 0.4) is 0 Å². The summed E-state index contributed by atoms with van der Waals surface area (Å²) in [6.07, 6.45) is 22.4. The fourth-order valence-corrected chi connectivity index (χ4v) is 3.88. The summed E-state index contributed by atoms with van der Waals surface area (Å²) in [5.41, 5.74) is 0. The van der Waals surface area contributed by atoms with Gasteiger partial charge in [-0.05, 0) is 25.7 Å². The monoisotopic (exact) mass is 476 g/mol. The Morgan fingerprint density at radius 2 is 0.848 bits per heavy atom. The SMILES string of the molecule is CCCCCCCC(CCC)OC(CCC)CCCCCCC.OCCOCCOCCO. The molecule has 5 nitrogen and oxygen atoms in total. The van der Waals surface area contributed by atoms with E-state index in [0.29, 0.717) is 38.6 Å². The molecule has 0 amide bonds. The van der Waals surface area contributed by atoms with Crippen molar-refractivity contribution in [2.24, 2.45) is 0 Å². The van der Waals surface area contributed by atoms with E-state index in [0.717, 1.165) is 0 Å². The molecule has 0 fully saturated rings. The van der Waals surface area contributed by atoms with E-state index in [4.69, 9.17) is 24.4 Å². The van der Waals surface area contributed by atoms with Crippen molar-refractivity contribution in [1.82, 2.24) is 0 Å². The molecule has 0 aliphatic carbocycles. The Bertz CT molecular complexity index is 297. The third kappa shape index (κ3) is 29.8. The Morgan fingerprint density at radius 1 is 0.455 bits per heavy atom. The third-order valence-electron chi connectivity index (χ3n) is 5.71. The summed E-state index contributed by atoms with van der Waals surface area (Å²) in [6, 6.07) is 0. The fraction of sp³-hybridized carbons (Fsp3) is 1.00. The van der Waals surface area contributed by atoms with E-state index in [-0.39, 0.29) is 13.2 Å². The van der Waals surface area contributed by atoms with Gasteiger partial charge in [-0.15, -0.1) is 0 Å². The van der Waals surface area contributed by atoms with Gasteiger partial charge in [0.1, 0.15) is 0 Å². The molecule has 0 aromatic rings. The zero-order chi connectivity index (χ0) is 24.8. The molecule has 202 valence electrons. The van der Waals surface area contributed by atoms with Gasteiger partial charge in [0.25, 0.3) is 0 Å². The molecule has 0 aromatic carbocycles. The summed E-state index contributed by atoms with van der Waals surface area (Å²) >= 11 is 0. The van der Waals surface area contributed by atoms with E-state index in [1.165, 1.54) is 103 Å². The first-order chi connectivity index (χ1) is 16.2. The molecule has 33 heavy (non-hydrogen) atoms. The van der Waals surface area contributed by atoms with Gasteiger partial charge in [0.15, 0.2) is 0 Å². The maximum atomic E-state index is 8.26. The van der Waals surface area contributed by atoms with Gasteiger partial charge in [-0.25, -0.2) is 0 Å². The first-order valence-corrected chi connectivity index (χ1v) is 14.2. The van der Waals surface area contributed by atoms with Gasteiger partial charge in [-0.1, -0.05) is 105 Å². The van der Waals surface area contributed by atoms with Crippen LogP contribution in [0.15, 0.2) is 0 Å². The molecule has 0 aromatic heterocycles. The molecular weight excluding hydrogens is 416 g/mol. The number of aliphatic hydroxyl groups is 2. The van der Waals surface area contributed by atoms with Crippen molar-refractivity contribution in [2.75, 3.05) is 39.6 Å². The van der Waals surface area contributed by atoms with Crippen LogP contribution < -0.4 is 0 Å². The van der Waals surface area contributed by atoms with Gasteiger partial charge < -0.3 is 24.4 Å². The summed E-state index contributed by atoms with van der Waals surface area (Å²) in [6.45, 7) is 10.9. The molecule has 0 rings (SSSR count). The predicted octanol–water partition coefficient (Wildman–Crippen LogP) is 7.07. The van der Waals surface area contributed by atoms with Crippen molar-refractivity contribution in [2.45, 2.75) is 143 Å². The quantitative estimate of drug-likeness (QED) is 0.138. The van der Waals surface area contributed by atoms with Crippen molar-refractivity contribution in [3.8, 4) is 0 Å². The van der Waals surface area contributed by atoms with E-state index < -0.39 is 0 Å². The molecular formula is C28H60O5. The molecule has 2 atom stereocenters. The van der Waals surface area contributed by atoms with Crippen LogP contribution in [0, 0.1) is 0 Å². The number of hydrogen-bond acceptors (Lipinski definition) is 5. The van der Waals surface area contributed by atoms with E-state index in [1.54, 1.807) is 0 Å². The Kier molecular flexibility index (Phi) is 33.7. The summed E-state index contributed by atoms with van der Waals surface area (Å²) in [5.74, 6) is 0. The lowest BCUT2D eigenvalue weighted by atomic mass is 10.0. The molecule has 0 bridgehead atoms. The fourth-order valence-electron chi connectivity index (χ4n) is 3.88. The lowest BCUT2D eigenvalue weighted by Gasteiger charge is -2.25. The number of aliphatic hydroxyl groups excluding tert-OH is 2. The molecule has 0 radical (unpaired) electrons. The second-order valence-corrected chi connectivity index (χ2v) is 9.04. The predicted molar refractivity (Wildman–Crippen MR) is 141 cm³/mol. The van der Waals surface area contributed by atoms with Crippen LogP contribution in [0.2, 0.25) is 0 Å². The van der Waals surface area contributed by atoms with Gasteiger partial charge >= 0.3 is 0 Å². The summed E-state index contributed by atoms with van der Waals surface area (Å²) in [7, 11) is 0. The molecule has 0 saturated carbocycles. The Morgan fingerprint density at radius 3 is 1.18 bits per heavy atom. The molecule has 0 aliphatic heterocycles. The van der Waals surface area contributed by atoms with Crippen LogP contribution in [0.25, 0.3) is 0 Å². The van der Waals surface area contributed by atoms with Crippen molar-refractivity contribution >= 4 is 0 Å². The first kappa shape index (κ1) is 35.0. The van der Waals surface area contributed by atoms with Crippen LogP contribution in [-0.4, -0.2) is 62.1 Å². The Labute approximate surface area is 207 Å². The molecule has 0 aliphatic rings. The van der Waals surface area contributed by atoms with E-state index in [2.05, 4.69) is 27.7 Å². The van der Waals surface area contributed by atoms with Gasteiger partial charge in [0, 0.05) is 0 Å². The Balaban J connectivity index is 0. The molecule has 0 heterocycles. The van der Waals surface area contributed by atoms with Gasteiger partial charge in [-0.3, -0.25) is 0 Å². The second-order valence-electron chi connectivity index (χ2n) is 9.04. The highest BCUT2D eigenvalue weighted by Gasteiger charge is 2.15. The average molecular weight is 477 g/mol. The van der Waals surface area contributed by atoms with Gasteiger partial charge in [-0.2, -0.15) is 0 Å². The normalized spacial score (nSPS) is 12.9. The van der Waals surface area contributed by atoms with Gasteiger partial charge in [0.2, 0.25) is 0 Å². The van der Waals surface area contributed by atoms with E-state index in [9.17, 15) is 0 Å². The number of unbranched alkanes of at least 4 members (excludes halogenated alkanes) is 8. The minimum absolute atomic E-state index is 0.0417. The van der Waals surface area contributed by atoms with E-state index in [1.807, 2.05) is 0 Å². The van der Waals surface area contributed by atoms with Crippen molar-refractivity contribution in [3.63, 3.8) is 0 Å². The number of ether oxygens (including phenoxy) is 3. The summed E-state index contributed by atoms with van der Waals surface area (Å²) in [5, 5.41) is 16.5. The minimum atomic E-state index is 0.0417. The topological polar surface area (TPSA) is 68.2 Å². The van der Waals surface area contributed by atoms with Crippen LogP contribution in [0.1, 0.15) is 130 Å². The third-order valence-corrected chi connectivity index (χ3v) is 5.71. The largest absolute Gasteiger partial charge is 0.394 e. The van der Waals surface area contributed by atoms with Gasteiger partial charge in [0.05, 0.1) is 51.8 Å². The van der Waals surface area contributed by atoms with Crippen LogP contribution >= 0.6 is 0 Å². The maximum Gasteiger partial charge on any atom is 0.0701 e. The second kappa shape index (κ2) is 31.8. The van der Waals surface area contributed by atoms with Crippen molar-refractivity contribution in [3.05, 3.63) is 0 Å². The highest BCUT2D eigenvalue weighted by molar-refractivity contribution is 4.65. The zero-order valence-electron chi connectivity index (χ0n) is 22.8. The highest BCUT2D eigenvalue weighted by Crippen LogP contribution is 2.20. The first-order valence-electron chi connectivity index (χ1n) is 14.2. The minimum Gasteiger partial charge on any atom is -0.394 e. The highest BCUT2D eigenvalue weighted by atomic mass is 16.5. The lowest BCUT2D eigenvalue weighted by molar-refractivity contribution is -0.0308. The smallest absolute Gasteiger partial charge is 0.0701 e. The number of rotatable bonds is 25. The maximum absolute atomic E-state index is 8.26. The summed E-state index contributed by atoms with van der Waals surface area (Å²) < 4.78 is 16.3. The molecule has 5 heteroatoms. The van der Waals surface area contributed by atoms with Crippen LogP contribution in [0.5, 0.6) is 0 Å². The van der Waals surface area contributed by atoms with Crippen LogP contribution in [-0.2, 0) is 14.2 Å². The van der Waals surface area contributed by atoms with Crippen molar-refractivity contribution in [1.29, 1.82) is 0 Å². The molecule has 0 spiro atoms. The molecule has 2 unspecified atom stereocenters. The van der Waals surface area contributed by atoms with Crippen LogP contribution in [0.4, 0.5) is 0 Å². The molecule has 2 N–H and O–H groups in total.